The van der Waals surface area contributed by atoms with E-state index in [1.54, 1.807) is 6.26 Å². The fraction of sp³-hybridized carbons (Fsp3) is 0.750. The van der Waals surface area contributed by atoms with Gasteiger partial charge in [-0.2, -0.15) is 0 Å². The zero-order valence-corrected chi connectivity index (χ0v) is 12.9. The Hall–Kier alpha value is -0.840. The monoisotopic (exact) mass is 280 g/mol. The van der Waals surface area contributed by atoms with Crippen LogP contribution >= 0.6 is 0 Å². The van der Waals surface area contributed by atoms with E-state index in [0.29, 0.717) is 30.3 Å². The van der Waals surface area contributed by atoms with Crippen LogP contribution in [-0.4, -0.2) is 41.2 Å². The zero-order chi connectivity index (χ0) is 14.5. The number of nitrogens with one attached hydrogen (secondary N) is 1. The molecule has 1 saturated heterocycles. The van der Waals surface area contributed by atoms with Crippen LogP contribution in [0.25, 0.3) is 0 Å². The largest absolute Gasteiger partial charge is 0.467 e. The van der Waals surface area contributed by atoms with Crippen molar-refractivity contribution in [3.63, 3.8) is 0 Å². The van der Waals surface area contributed by atoms with Crippen molar-refractivity contribution < 1.29 is 9.52 Å². The standard InChI is InChI=1S/C16H28N2O2/c1-12(2)18-8-6-14(7-9-18)17-13(3)11-15(19)16-5-4-10-20-16/h4-5,10,12-15,17,19H,6-9,11H2,1-3H3/t13-,15-/m1/s1. The molecule has 0 amide bonds. The van der Waals surface area contributed by atoms with E-state index in [-0.39, 0.29) is 0 Å². The number of piperidine rings is 1. The van der Waals surface area contributed by atoms with Gasteiger partial charge in [-0.3, -0.25) is 0 Å². The molecule has 114 valence electrons. The molecule has 4 heteroatoms. The van der Waals surface area contributed by atoms with Crippen molar-refractivity contribution in [2.75, 3.05) is 13.1 Å². The molecule has 2 atom stereocenters. The van der Waals surface area contributed by atoms with Crippen molar-refractivity contribution in [3.8, 4) is 0 Å². The van der Waals surface area contributed by atoms with E-state index in [1.807, 2.05) is 12.1 Å². The first-order valence-corrected chi connectivity index (χ1v) is 7.78. The van der Waals surface area contributed by atoms with Crippen LogP contribution in [0.15, 0.2) is 22.8 Å². The van der Waals surface area contributed by atoms with Crippen LogP contribution in [0.4, 0.5) is 0 Å². The molecule has 0 unspecified atom stereocenters. The molecule has 0 bridgehead atoms. The highest BCUT2D eigenvalue weighted by Gasteiger charge is 2.23. The Morgan fingerprint density at radius 1 is 1.35 bits per heavy atom. The third-order valence-electron chi connectivity index (χ3n) is 4.23. The molecule has 2 N–H and O–H groups in total. The number of hydrogen-bond acceptors (Lipinski definition) is 4. The first-order chi connectivity index (χ1) is 9.56. The predicted molar refractivity (Wildman–Crippen MR) is 80.6 cm³/mol. The number of aliphatic hydroxyl groups is 1. The molecule has 4 nitrogen and oxygen atoms in total. The van der Waals surface area contributed by atoms with Crippen LogP contribution in [0, 0.1) is 0 Å². The maximum atomic E-state index is 10.1. The van der Waals surface area contributed by atoms with E-state index in [4.69, 9.17) is 4.42 Å². The first kappa shape index (κ1) is 15.5. The summed E-state index contributed by atoms with van der Waals surface area (Å²) in [6, 6.07) is 5.17. The number of likely N-dealkylation sites (tertiary alicyclic amines) is 1. The van der Waals surface area contributed by atoms with Crippen molar-refractivity contribution >= 4 is 0 Å². The number of hydrogen-bond donors (Lipinski definition) is 2. The fourth-order valence-corrected chi connectivity index (χ4v) is 2.98. The second-order valence-electron chi connectivity index (χ2n) is 6.24. The molecule has 20 heavy (non-hydrogen) atoms. The van der Waals surface area contributed by atoms with Gasteiger partial charge in [0.05, 0.1) is 6.26 Å². The van der Waals surface area contributed by atoms with Gasteiger partial charge in [0.2, 0.25) is 0 Å². The molecular weight excluding hydrogens is 252 g/mol. The van der Waals surface area contributed by atoms with E-state index >= 15 is 0 Å². The lowest BCUT2D eigenvalue weighted by molar-refractivity contribution is 0.117. The fourth-order valence-electron chi connectivity index (χ4n) is 2.98. The van der Waals surface area contributed by atoms with Gasteiger partial charge < -0.3 is 19.7 Å². The average molecular weight is 280 g/mol. The zero-order valence-electron chi connectivity index (χ0n) is 12.9. The Balaban J connectivity index is 1.71. The molecule has 1 fully saturated rings. The molecular formula is C16H28N2O2. The molecule has 1 aromatic heterocycles. The average Bonchev–Trinajstić information content (AvgIpc) is 2.93. The van der Waals surface area contributed by atoms with Gasteiger partial charge >= 0.3 is 0 Å². The number of furan rings is 1. The van der Waals surface area contributed by atoms with Crippen molar-refractivity contribution in [1.82, 2.24) is 10.2 Å². The highest BCUT2D eigenvalue weighted by molar-refractivity contribution is 5.02. The summed E-state index contributed by atoms with van der Waals surface area (Å²) in [6.07, 6.45) is 4.18. The maximum Gasteiger partial charge on any atom is 0.132 e. The normalized spacial score (nSPS) is 21.2. The summed E-state index contributed by atoms with van der Waals surface area (Å²) in [7, 11) is 0. The van der Waals surface area contributed by atoms with Gasteiger partial charge in [-0.15, -0.1) is 0 Å². The molecule has 1 aromatic rings. The van der Waals surface area contributed by atoms with E-state index in [2.05, 4.69) is 31.0 Å². The molecule has 1 aliphatic heterocycles. The summed E-state index contributed by atoms with van der Waals surface area (Å²) in [5.74, 6) is 0.660. The first-order valence-electron chi connectivity index (χ1n) is 7.78. The highest BCUT2D eigenvalue weighted by atomic mass is 16.4. The molecule has 1 aliphatic rings. The minimum atomic E-state index is -0.511. The van der Waals surface area contributed by atoms with Crippen LogP contribution < -0.4 is 5.32 Å². The van der Waals surface area contributed by atoms with Crippen LogP contribution in [-0.2, 0) is 0 Å². The summed E-state index contributed by atoms with van der Waals surface area (Å²) in [5.41, 5.74) is 0. The molecule has 0 saturated carbocycles. The predicted octanol–water partition coefficient (Wildman–Crippen LogP) is 2.55. The van der Waals surface area contributed by atoms with Crippen LogP contribution in [0.5, 0.6) is 0 Å². The number of nitrogens with zero attached hydrogens (tertiary/aromatic N) is 1. The minimum Gasteiger partial charge on any atom is -0.467 e. The van der Waals surface area contributed by atoms with Crippen LogP contribution in [0.2, 0.25) is 0 Å². The van der Waals surface area contributed by atoms with Crippen molar-refractivity contribution in [1.29, 1.82) is 0 Å². The lowest BCUT2D eigenvalue weighted by Crippen LogP contribution is -2.47. The number of aliphatic hydroxyl groups excluding tert-OH is 1. The summed E-state index contributed by atoms with van der Waals surface area (Å²) in [5, 5.41) is 13.7. The molecule has 0 aliphatic carbocycles. The van der Waals surface area contributed by atoms with Gasteiger partial charge in [-0.05, 0) is 65.3 Å². The second kappa shape index (κ2) is 7.25. The summed E-state index contributed by atoms with van der Waals surface area (Å²) in [6.45, 7) is 9.00. The molecule has 0 aromatic carbocycles. The van der Waals surface area contributed by atoms with Gasteiger partial charge in [0.1, 0.15) is 11.9 Å². The lowest BCUT2D eigenvalue weighted by atomic mass is 10.0. The van der Waals surface area contributed by atoms with E-state index in [9.17, 15) is 5.11 Å². The van der Waals surface area contributed by atoms with E-state index in [0.717, 1.165) is 0 Å². The summed E-state index contributed by atoms with van der Waals surface area (Å²) >= 11 is 0. The van der Waals surface area contributed by atoms with Crippen molar-refractivity contribution in [2.24, 2.45) is 0 Å². The van der Waals surface area contributed by atoms with Gasteiger partial charge in [0.25, 0.3) is 0 Å². The van der Waals surface area contributed by atoms with Crippen molar-refractivity contribution in [3.05, 3.63) is 24.2 Å². The van der Waals surface area contributed by atoms with Crippen LogP contribution in [0.1, 0.15) is 51.9 Å². The summed E-state index contributed by atoms with van der Waals surface area (Å²) in [4.78, 5) is 2.53. The summed E-state index contributed by atoms with van der Waals surface area (Å²) < 4.78 is 5.24. The van der Waals surface area contributed by atoms with Gasteiger partial charge in [0.15, 0.2) is 0 Å². The van der Waals surface area contributed by atoms with E-state index < -0.39 is 6.10 Å². The molecule has 2 heterocycles. The Bertz CT molecular complexity index is 370. The Labute approximate surface area is 122 Å². The second-order valence-corrected chi connectivity index (χ2v) is 6.24. The SMILES string of the molecule is CC(C)N1CCC(N[C@H](C)C[C@@H](O)c2ccco2)CC1. The number of rotatable bonds is 6. The third-order valence-corrected chi connectivity index (χ3v) is 4.23. The Morgan fingerprint density at radius 3 is 2.60 bits per heavy atom. The Morgan fingerprint density at radius 2 is 2.05 bits per heavy atom. The van der Waals surface area contributed by atoms with Crippen molar-refractivity contribution in [2.45, 2.75) is 64.3 Å². The highest BCUT2D eigenvalue weighted by Crippen LogP contribution is 2.20. The molecule has 2 rings (SSSR count). The van der Waals surface area contributed by atoms with Gasteiger partial charge in [-0.1, -0.05) is 0 Å². The van der Waals surface area contributed by atoms with E-state index in [1.165, 1.54) is 25.9 Å². The van der Waals surface area contributed by atoms with Gasteiger partial charge in [-0.25, -0.2) is 0 Å². The molecule has 0 radical (unpaired) electrons. The third kappa shape index (κ3) is 4.33. The lowest BCUT2D eigenvalue weighted by Gasteiger charge is -2.36. The minimum absolute atomic E-state index is 0.297. The van der Waals surface area contributed by atoms with Gasteiger partial charge in [0, 0.05) is 18.1 Å². The smallest absolute Gasteiger partial charge is 0.132 e. The Kier molecular flexibility index (Phi) is 5.64. The van der Waals surface area contributed by atoms with Crippen LogP contribution in [0.3, 0.4) is 0 Å². The molecule has 0 spiro atoms. The quantitative estimate of drug-likeness (QED) is 0.841. The maximum absolute atomic E-state index is 10.1. The topological polar surface area (TPSA) is 48.6 Å².